The molecule has 0 fully saturated rings. The number of unbranched alkanes of at least 4 members (excludes halogenated alkanes) is 17. The van der Waals surface area contributed by atoms with Gasteiger partial charge in [-0.15, -0.1) is 0 Å². The van der Waals surface area contributed by atoms with Crippen LogP contribution < -0.4 is 0 Å². The summed E-state index contributed by atoms with van der Waals surface area (Å²) < 4.78 is 39.3. The van der Waals surface area contributed by atoms with Gasteiger partial charge in [0.25, 0.3) is 0 Å². The number of esters is 3. The van der Waals surface area contributed by atoms with Gasteiger partial charge in [-0.05, 0) is 96.3 Å². The number of hydrogen-bond donors (Lipinski definition) is 2. The Morgan fingerprint density at radius 3 is 1.31 bits per heavy atom. The SMILES string of the molecule is CC/C=C\C/C=C\C/C=C\C/C=C\C/C=C\CC(=O)OC(CO)COP(=O)(O)OCC(COC(=O)CCCCCCC/C=C\CCCC)OC(=O)CCCCCCCCC/C=C\C/C=C\CCCCC. The molecule has 11 nitrogen and oxygen atoms in total. The summed E-state index contributed by atoms with van der Waals surface area (Å²) in [7, 11) is -4.78. The van der Waals surface area contributed by atoms with E-state index in [4.69, 9.17) is 23.3 Å². The number of phosphoric acid groups is 1. The van der Waals surface area contributed by atoms with Crippen molar-refractivity contribution < 1.29 is 52.2 Å². The average molecular weight is 1000 g/mol. The molecule has 0 aliphatic carbocycles. The molecule has 0 saturated carbocycles. The van der Waals surface area contributed by atoms with Crippen LogP contribution in [0.25, 0.3) is 0 Å². The van der Waals surface area contributed by atoms with Crippen LogP contribution in [0, 0.1) is 0 Å². The van der Waals surface area contributed by atoms with Gasteiger partial charge in [0.1, 0.15) is 12.7 Å². The molecule has 0 bridgehead atoms. The second-order valence-electron chi connectivity index (χ2n) is 17.7. The predicted octanol–water partition coefficient (Wildman–Crippen LogP) is 15.7. The van der Waals surface area contributed by atoms with E-state index in [1.54, 1.807) is 6.08 Å². The number of phosphoric ester groups is 1. The first kappa shape index (κ1) is 66.4. The summed E-state index contributed by atoms with van der Waals surface area (Å²) in [6, 6.07) is 0. The third kappa shape index (κ3) is 49.4. The molecule has 0 amide bonds. The number of carbonyl (C=O) groups excluding carboxylic acids is 3. The van der Waals surface area contributed by atoms with E-state index in [0.29, 0.717) is 19.3 Å². The van der Waals surface area contributed by atoms with Gasteiger partial charge in [-0.3, -0.25) is 23.4 Å². The topological polar surface area (TPSA) is 155 Å². The van der Waals surface area contributed by atoms with Crippen molar-refractivity contribution in [1.82, 2.24) is 0 Å². The van der Waals surface area contributed by atoms with Crippen LogP contribution in [0.2, 0.25) is 0 Å². The first-order chi connectivity index (χ1) is 34.2. The Morgan fingerprint density at radius 2 is 0.814 bits per heavy atom. The highest BCUT2D eigenvalue weighted by Gasteiger charge is 2.28. The van der Waals surface area contributed by atoms with Crippen LogP contribution >= 0.6 is 7.82 Å². The van der Waals surface area contributed by atoms with Crippen LogP contribution in [0.1, 0.15) is 213 Å². The van der Waals surface area contributed by atoms with E-state index in [0.717, 1.165) is 103 Å². The Hall–Kier alpha value is -3.60. The fourth-order valence-electron chi connectivity index (χ4n) is 6.85. The summed E-state index contributed by atoms with van der Waals surface area (Å²) in [5, 5.41) is 9.77. The second kappa shape index (κ2) is 51.7. The lowest BCUT2D eigenvalue weighted by Gasteiger charge is -2.21. The first-order valence-corrected chi connectivity index (χ1v) is 28.6. The summed E-state index contributed by atoms with van der Waals surface area (Å²) in [6.07, 6.45) is 59.7. The third-order valence-corrected chi connectivity index (χ3v) is 11.9. The van der Waals surface area contributed by atoms with Gasteiger partial charge in [-0.1, -0.05) is 195 Å². The van der Waals surface area contributed by atoms with Crippen LogP contribution in [-0.4, -0.2) is 66.5 Å². The van der Waals surface area contributed by atoms with Crippen LogP contribution in [0.5, 0.6) is 0 Å². The van der Waals surface area contributed by atoms with E-state index in [-0.39, 0.29) is 25.9 Å². The smallest absolute Gasteiger partial charge is 0.462 e. The molecule has 0 aromatic carbocycles. The van der Waals surface area contributed by atoms with Gasteiger partial charge in [0.15, 0.2) is 6.10 Å². The maximum atomic E-state index is 12.9. The maximum absolute atomic E-state index is 12.9. The van der Waals surface area contributed by atoms with Crippen molar-refractivity contribution in [2.45, 2.75) is 226 Å². The third-order valence-electron chi connectivity index (χ3n) is 11.0. The normalized spacial score (nSPS) is 14.2. The zero-order valence-electron chi connectivity index (χ0n) is 43.9. The number of aliphatic hydroxyl groups excluding tert-OH is 1. The Morgan fingerprint density at radius 1 is 0.429 bits per heavy atom. The van der Waals surface area contributed by atoms with E-state index < -0.39 is 57.8 Å². The Kier molecular flexibility index (Phi) is 49.1. The first-order valence-electron chi connectivity index (χ1n) is 27.1. The molecule has 0 aromatic heterocycles. The molecule has 0 aliphatic heterocycles. The number of rotatable bonds is 49. The highest BCUT2D eigenvalue weighted by Crippen LogP contribution is 2.43. The van der Waals surface area contributed by atoms with E-state index in [1.165, 1.54) is 51.4 Å². The molecule has 12 heteroatoms. The lowest BCUT2D eigenvalue weighted by atomic mass is 10.1. The van der Waals surface area contributed by atoms with Gasteiger partial charge in [0.05, 0.1) is 26.2 Å². The van der Waals surface area contributed by atoms with Crippen molar-refractivity contribution >= 4 is 25.7 Å². The lowest BCUT2D eigenvalue weighted by molar-refractivity contribution is -0.161. The van der Waals surface area contributed by atoms with Gasteiger partial charge in [0.2, 0.25) is 0 Å². The molecule has 2 N–H and O–H groups in total. The molecule has 0 aliphatic rings. The van der Waals surface area contributed by atoms with E-state index in [2.05, 4.69) is 93.7 Å². The van der Waals surface area contributed by atoms with Crippen LogP contribution in [0.15, 0.2) is 97.2 Å². The molecule has 0 aromatic rings. The van der Waals surface area contributed by atoms with Crippen molar-refractivity contribution in [1.29, 1.82) is 0 Å². The molecule has 0 spiro atoms. The van der Waals surface area contributed by atoms with Crippen LogP contribution in [-0.2, 0) is 42.2 Å². The maximum Gasteiger partial charge on any atom is 0.472 e. The number of ether oxygens (including phenoxy) is 3. The fraction of sp³-hybridized carbons (Fsp3) is 0.672. The minimum absolute atomic E-state index is 0.0594. The second-order valence-corrected chi connectivity index (χ2v) is 19.1. The molecule has 3 unspecified atom stereocenters. The van der Waals surface area contributed by atoms with Gasteiger partial charge in [-0.2, -0.15) is 0 Å². The molecule has 70 heavy (non-hydrogen) atoms. The van der Waals surface area contributed by atoms with Crippen molar-refractivity contribution in [3.63, 3.8) is 0 Å². The minimum Gasteiger partial charge on any atom is -0.462 e. The summed E-state index contributed by atoms with van der Waals surface area (Å²) in [6.45, 7) is 4.32. The predicted molar refractivity (Wildman–Crippen MR) is 288 cm³/mol. The molecule has 400 valence electrons. The molecule has 0 heterocycles. The molecule has 0 saturated heterocycles. The van der Waals surface area contributed by atoms with Crippen LogP contribution in [0.3, 0.4) is 0 Å². The summed E-state index contributed by atoms with van der Waals surface area (Å²) >= 11 is 0. The summed E-state index contributed by atoms with van der Waals surface area (Å²) in [5.74, 6) is -1.63. The Labute approximate surface area is 425 Å². The molecule has 0 radical (unpaired) electrons. The van der Waals surface area contributed by atoms with Gasteiger partial charge in [0, 0.05) is 12.8 Å². The van der Waals surface area contributed by atoms with Gasteiger partial charge >= 0.3 is 25.7 Å². The summed E-state index contributed by atoms with van der Waals surface area (Å²) in [4.78, 5) is 48.3. The number of allylic oxidation sites excluding steroid dienone is 15. The van der Waals surface area contributed by atoms with E-state index in [9.17, 15) is 28.9 Å². The quantitative estimate of drug-likeness (QED) is 0.0197. The van der Waals surface area contributed by atoms with Crippen molar-refractivity contribution in [3.05, 3.63) is 97.2 Å². The van der Waals surface area contributed by atoms with Gasteiger partial charge in [-0.25, -0.2) is 4.57 Å². The molecular formula is C58H97O11P. The molecular weight excluding hydrogens is 904 g/mol. The summed E-state index contributed by atoms with van der Waals surface area (Å²) in [5.41, 5.74) is 0. The molecule has 3 atom stereocenters. The Balaban J connectivity index is 4.82. The fourth-order valence-corrected chi connectivity index (χ4v) is 7.64. The number of aliphatic hydroxyl groups is 1. The molecule has 0 rings (SSSR count). The zero-order chi connectivity index (χ0) is 51.3. The Bertz CT molecular complexity index is 1540. The number of hydrogen-bond acceptors (Lipinski definition) is 10. The van der Waals surface area contributed by atoms with Gasteiger partial charge < -0.3 is 24.2 Å². The van der Waals surface area contributed by atoms with Crippen molar-refractivity contribution in [3.8, 4) is 0 Å². The average Bonchev–Trinajstić information content (AvgIpc) is 3.35. The van der Waals surface area contributed by atoms with Crippen molar-refractivity contribution in [2.24, 2.45) is 0 Å². The standard InChI is InChI=1S/C58H97O11P/c1-4-7-10-13-16-19-22-24-26-27-29-31-34-37-40-43-46-49-58(62)69-55(51-65-56(60)47-44-41-38-35-32-21-18-15-12-9-6-3)53-67-70(63,64)66-52-54(50-59)68-57(61)48-45-42-39-36-33-30-28-25-23-20-17-14-11-8-5-2/h8,11,15-20,24-26,28,33,36,42,45,54-55,59H,4-7,9-10,12-14,21-23,27,29-32,34-35,37-41,43-44,46-53H2,1-3H3,(H,63,64)/b11-8-,18-15-,19-16-,20-17-,26-24-,28-25-,36-33-,45-42-. The zero-order valence-corrected chi connectivity index (χ0v) is 44.8. The highest BCUT2D eigenvalue weighted by atomic mass is 31.2. The monoisotopic (exact) mass is 1000 g/mol. The van der Waals surface area contributed by atoms with Crippen molar-refractivity contribution in [2.75, 3.05) is 26.4 Å². The van der Waals surface area contributed by atoms with E-state index in [1.807, 2.05) is 18.2 Å². The largest absolute Gasteiger partial charge is 0.472 e. The number of carbonyl (C=O) groups is 3. The highest BCUT2D eigenvalue weighted by molar-refractivity contribution is 7.47. The van der Waals surface area contributed by atoms with Crippen LogP contribution in [0.4, 0.5) is 0 Å². The lowest BCUT2D eigenvalue weighted by Crippen LogP contribution is -2.30. The minimum atomic E-state index is -4.78. The van der Waals surface area contributed by atoms with E-state index >= 15 is 0 Å².